The van der Waals surface area contributed by atoms with Crippen LogP contribution in [0.25, 0.3) is 0 Å². The molecule has 0 bridgehead atoms. The Kier molecular flexibility index (Phi) is 3.33. The molecule has 0 saturated carbocycles. The third kappa shape index (κ3) is 2.43. The van der Waals surface area contributed by atoms with Gasteiger partial charge in [-0.2, -0.15) is 0 Å². The van der Waals surface area contributed by atoms with E-state index in [1.54, 1.807) is 18.3 Å². The van der Waals surface area contributed by atoms with Gasteiger partial charge in [0.2, 0.25) is 6.20 Å². The number of amides is 1. The Hall–Kier alpha value is -1.29. The number of nitrogen functional groups attached to an aromatic ring is 1. The molecule has 60 valence electrons. The van der Waals surface area contributed by atoms with Gasteiger partial charge in [-0.3, -0.25) is 4.79 Å². The first-order valence-corrected chi connectivity index (χ1v) is 2.76. The maximum Gasteiger partial charge on any atom is 0.254 e. The van der Waals surface area contributed by atoms with Crippen molar-refractivity contribution >= 4 is 5.91 Å². The van der Waals surface area contributed by atoms with E-state index in [9.17, 15) is 4.79 Å². The topological polar surface area (TPSA) is 73.0 Å². The molecular weight excluding hydrogens is 166 g/mol. The number of rotatable bonds is 1. The van der Waals surface area contributed by atoms with Gasteiger partial charge in [-0.1, -0.05) is 4.68 Å². The molecule has 11 heavy (non-hydrogen) atoms. The van der Waals surface area contributed by atoms with Crippen LogP contribution >= 0.6 is 0 Å². The molecule has 0 saturated heterocycles. The molecule has 1 aromatic rings. The Morgan fingerprint density at radius 2 is 2.18 bits per heavy atom. The van der Waals surface area contributed by atoms with E-state index in [0.717, 1.165) is 0 Å². The van der Waals surface area contributed by atoms with E-state index in [1.807, 2.05) is 0 Å². The Morgan fingerprint density at radius 3 is 2.55 bits per heavy atom. The maximum absolute atomic E-state index is 10.5. The molecule has 0 fully saturated rings. The molecule has 1 amide bonds. The number of nitrogens with two attached hydrogens (primary N) is 2. The lowest BCUT2D eigenvalue weighted by Crippen LogP contribution is -3.00. The first kappa shape index (κ1) is 9.71. The molecule has 5 heteroatoms. The van der Waals surface area contributed by atoms with Crippen LogP contribution in [0.4, 0.5) is 0 Å². The summed E-state index contributed by atoms with van der Waals surface area (Å²) >= 11 is 0. The Balaban J connectivity index is 0.000001000. The molecule has 4 nitrogen and oxygen atoms in total. The summed E-state index contributed by atoms with van der Waals surface area (Å²) in [6.07, 6.45) is 3.08. The van der Waals surface area contributed by atoms with Crippen molar-refractivity contribution in [3.63, 3.8) is 0 Å². The summed E-state index contributed by atoms with van der Waals surface area (Å²) in [5, 5.41) is 0. The molecule has 0 aliphatic rings. The normalized spacial score (nSPS) is 8.36. The molecule has 0 aromatic carbocycles. The van der Waals surface area contributed by atoms with Crippen LogP contribution in [0.15, 0.2) is 24.5 Å². The van der Waals surface area contributed by atoms with Gasteiger partial charge in [0.05, 0.1) is 0 Å². The SMILES string of the molecule is NC(=O)c1ccc[n+](N)c1.[Cl-]. The number of carbonyl (C=O) groups excluding carboxylic acids is 1. The number of halogens is 1. The number of primary amides is 1. The number of carbonyl (C=O) groups is 1. The summed E-state index contributed by atoms with van der Waals surface area (Å²) in [6.45, 7) is 0. The van der Waals surface area contributed by atoms with Crippen LogP contribution in [0, 0.1) is 0 Å². The lowest BCUT2D eigenvalue weighted by Gasteiger charge is -1.89. The van der Waals surface area contributed by atoms with Crippen molar-refractivity contribution in [3.05, 3.63) is 30.1 Å². The maximum atomic E-state index is 10.5. The predicted octanol–water partition coefficient (Wildman–Crippen LogP) is -4.21. The average Bonchev–Trinajstić information content (AvgIpc) is 1.88. The number of hydrogen-bond acceptors (Lipinski definition) is 2. The Morgan fingerprint density at radius 1 is 1.55 bits per heavy atom. The van der Waals surface area contributed by atoms with Crippen LogP contribution in [0.2, 0.25) is 0 Å². The van der Waals surface area contributed by atoms with E-state index in [-0.39, 0.29) is 12.4 Å². The fourth-order valence-electron chi connectivity index (χ4n) is 0.639. The van der Waals surface area contributed by atoms with Gasteiger partial charge >= 0.3 is 0 Å². The minimum atomic E-state index is -0.472. The van der Waals surface area contributed by atoms with Crippen molar-refractivity contribution in [2.45, 2.75) is 0 Å². The number of aromatic nitrogens is 1. The summed E-state index contributed by atoms with van der Waals surface area (Å²) in [5.41, 5.74) is 5.38. The summed E-state index contributed by atoms with van der Waals surface area (Å²) < 4.78 is 1.28. The quantitative estimate of drug-likeness (QED) is 0.334. The summed E-state index contributed by atoms with van der Waals surface area (Å²) in [4.78, 5) is 10.5. The zero-order valence-electron chi connectivity index (χ0n) is 5.70. The molecule has 0 aliphatic heterocycles. The van der Waals surface area contributed by atoms with Gasteiger partial charge in [-0.05, 0) is 6.07 Å². The van der Waals surface area contributed by atoms with Gasteiger partial charge in [-0.15, -0.1) is 0 Å². The van der Waals surface area contributed by atoms with E-state index in [2.05, 4.69) is 0 Å². The Bertz CT molecular complexity index is 264. The third-order valence-electron chi connectivity index (χ3n) is 1.11. The fraction of sp³-hybridized carbons (Fsp3) is 0. The minimum Gasteiger partial charge on any atom is -1.00 e. The molecule has 1 rings (SSSR count). The van der Waals surface area contributed by atoms with Gasteiger partial charge in [0.1, 0.15) is 5.56 Å². The average molecular weight is 174 g/mol. The minimum absolute atomic E-state index is 0. The zero-order valence-corrected chi connectivity index (χ0v) is 6.45. The van der Waals surface area contributed by atoms with Gasteiger partial charge in [0.25, 0.3) is 5.91 Å². The van der Waals surface area contributed by atoms with Crippen LogP contribution in [0.5, 0.6) is 0 Å². The highest BCUT2D eigenvalue weighted by molar-refractivity contribution is 5.92. The van der Waals surface area contributed by atoms with Crippen molar-refractivity contribution in [2.24, 2.45) is 5.73 Å². The van der Waals surface area contributed by atoms with E-state index in [0.29, 0.717) is 5.56 Å². The highest BCUT2D eigenvalue weighted by atomic mass is 35.5. The predicted molar refractivity (Wildman–Crippen MR) is 35.3 cm³/mol. The third-order valence-corrected chi connectivity index (χ3v) is 1.11. The van der Waals surface area contributed by atoms with E-state index in [1.165, 1.54) is 10.9 Å². The molecule has 0 aliphatic carbocycles. The second kappa shape index (κ2) is 3.78. The van der Waals surface area contributed by atoms with E-state index < -0.39 is 5.91 Å². The zero-order chi connectivity index (χ0) is 7.56. The highest BCUT2D eigenvalue weighted by Crippen LogP contribution is 1.89. The standard InChI is InChI=1S/C6H7N3O.ClH/c7-6(10)5-2-1-3-9(8)4-5;/h1-4H,8H2,(H-,7,10);1H. The first-order valence-electron chi connectivity index (χ1n) is 2.76. The molecule has 1 aromatic heterocycles. The van der Waals surface area contributed by atoms with Crippen molar-refractivity contribution in [1.29, 1.82) is 0 Å². The molecule has 0 atom stereocenters. The molecular formula is C6H8ClN3O. The van der Waals surface area contributed by atoms with Crippen LogP contribution in [0.1, 0.15) is 10.4 Å². The van der Waals surface area contributed by atoms with Crippen LogP contribution in [-0.2, 0) is 0 Å². The Labute approximate surface area is 70.2 Å². The molecule has 4 N–H and O–H groups in total. The van der Waals surface area contributed by atoms with Crippen LogP contribution in [-0.4, -0.2) is 5.91 Å². The van der Waals surface area contributed by atoms with Crippen molar-refractivity contribution < 1.29 is 21.9 Å². The first-order chi connectivity index (χ1) is 4.70. The van der Waals surface area contributed by atoms with Crippen molar-refractivity contribution in [2.75, 3.05) is 5.84 Å². The second-order valence-corrected chi connectivity index (χ2v) is 1.90. The highest BCUT2D eigenvalue weighted by Gasteiger charge is 2.02. The molecule has 1 heterocycles. The summed E-state index contributed by atoms with van der Waals surface area (Å²) in [7, 11) is 0. The van der Waals surface area contributed by atoms with Gasteiger partial charge in [0.15, 0.2) is 6.20 Å². The van der Waals surface area contributed by atoms with E-state index in [4.69, 9.17) is 11.6 Å². The largest absolute Gasteiger partial charge is 1.00 e. The van der Waals surface area contributed by atoms with Crippen LogP contribution < -0.4 is 28.7 Å². The smallest absolute Gasteiger partial charge is 0.254 e. The van der Waals surface area contributed by atoms with Gasteiger partial charge in [-0.25, -0.2) is 5.84 Å². The van der Waals surface area contributed by atoms with Gasteiger partial charge < -0.3 is 18.1 Å². The van der Waals surface area contributed by atoms with Gasteiger partial charge in [0, 0.05) is 6.07 Å². The number of pyridine rings is 1. The van der Waals surface area contributed by atoms with Crippen LogP contribution in [0.3, 0.4) is 0 Å². The second-order valence-electron chi connectivity index (χ2n) is 1.90. The number of hydrogen-bond donors (Lipinski definition) is 2. The molecule has 0 unspecified atom stereocenters. The summed E-state index contributed by atoms with van der Waals surface area (Å²) in [6, 6.07) is 3.26. The monoisotopic (exact) mass is 173 g/mol. The molecule has 0 radical (unpaired) electrons. The van der Waals surface area contributed by atoms with E-state index >= 15 is 0 Å². The lowest BCUT2D eigenvalue weighted by molar-refractivity contribution is -0.639. The molecule has 0 spiro atoms. The van der Waals surface area contributed by atoms with Crippen molar-refractivity contribution in [3.8, 4) is 0 Å². The number of nitrogens with zero attached hydrogens (tertiary/aromatic N) is 1. The lowest BCUT2D eigenvalue weighted by atomic mass is 10.3. The van der Waals surface area contributed by atoms with Crippen molar-refractivity contribution in [1.82, 2.24) is 0 Å². The summed E-state index contributed by atoms with van der Waals surface area (Å²) in [5.74, 6) is 4.83. The fourth-order valence-corrected chi connectivity index (χ4v) is 0.639.